The predicted molar refractivity (Wildman–Crippen MR) is 98.2 cm³/mol. The van der Waals surface area contributed by atoms with Gasteiger partial charge in [-0.05, 0) is 37.5 Å². The highest BCUT2D eigenvalue weighted by Gasteiger charge is 2.55. The van der Waals surface area contributed by atoms with Gasteiger partial charge in [0.1, 0.15) is 12.1 Å². The third-order valence-corrected chi connectivity index (χ3v) is 6.10. The van der Waals surface area contributed by atoms with Crippen molar-refractivity contribution in [2.75, 3.05) is 18.9 Å². The van der Waals surface area contributed by atoms with Crippen LogP contribution in [0.4, 0.5) is 10.5 Å². The molecule has 0 aromatic heterocycles. The van der Waals surface area contributed by atoms with Crippen LogP contribution in [0.3, 0.4) is 0 Å². The first-order valence-electron chi connectivity index (χ1n) is 8.51. The second-order valence-corrected chi connectivity index (χ2v) is 7.69. The van der Waals surface area contributed by atoms with E-state index < -0.39 is 5.54 Å². The number of hydrogen-bond donors (Lipinski definition) is 1. The number of carbonyl (C=O) groups is 3. The topological polar surface area (TPSA) is 69.7 Å². The largest absolute Gasteiger partial charge is 0.327 e. The highest BCUT2D eigenvalue weighted by Crippen LogP contribution is 2.39. The van der Waals surface area contributed by atoms with Gasteiger partial charge in [0.25, 0.3) is 5.91 Å². The van der Waals surface area contributed by atoms with Crippen LogP contribution in [0.2, 0.25) is 0 Å². The molecule has 25 heavy (non-hydrogen) atoms. The van der Waals surface area contributed by atoms with Crippen molar-refractivity contribution >= 4 is 39.5 Å². The van der Waals surface area contributed by atoms with Crippen LogP contribution in [0.5, 0.6) is 0 Å². The van der Waals surface area contributed by atoms with E-state index in [-0.39, 0.29) is 24.4 Å². The molecule has 1 aliphatic carbocycles. The van der Waals surface area contributed by atoms with Crippen LogP contribution in [-0.2, 0) is 9.59 Å². The number of anilines is 1. The fourth-order valence-corrected chi connectivity index (χ4v) is 4.06. The van der Waals surface area contributed by atoms with E-state index in [1.54, 1.807) is 19.2 Å². The molecule has 0 bridgehead atoms. The number of urea groups is 1. The van der Waals surface area contributed by atoms with Gasteiger partial charge in [0, 0.05) is 17.2 Å². The van der Waals surface area contributed by atoms with Crippen molar-refractivity contribution < 1.29 is 14.4 Å². The van der Waals surface area contributed by atoms with Gasteiger partial charge in [-0.25, -0.2) is 4.79 Å². The van der Waals surface area contributed by atoms with Crippen LogP contribution < -0.4 is 5.32 Å². The Balaban J connectivity index is 1.71. The molecule has 134 valence electrons. The van der Waals surface area contributed by atoms with E-state index in [4.69, 9.17) is 0 Å². The van der Waals surface area contributed by atoms with Crippen molar-refractivity contribution in [2.24, 2.45) is 0 Å². The summed E-state index contributed by atoms with van der Waals surface area (Å²) in [6.45, 7) is 1.70. The fraction of sp³-hybridized carbons (Fsp3) is 0.500. The third kappa shape index (κ3) is 3.17. The number of imide groups is 1. The number of amides is 4. The van der Waals surface area contributed by atoms with Crippen LogP contribution in [-0.4, -0.2) is 46.8 Å². The fourth-order valence-electron chi connectivity index (χ4n) is 3.69. The van der Waals surface area contributed by atoms with E-state index in [0.717, 1.165) is 34.2 Å². The summed E-state index contributed by atoms with van der Waals surface area (Å²) >= 11 is 3.42. The van der Waals surface area contributed by atoms with E-state index in [1.807, 2.05) is 13.0 Å². The first-order valence-corrected chi connectivity index (χ1v) is 9.30. The molecule has 6 nitrogen and oxygen atoms in total. The van der Waals surface area contributed by atoms with Gasteiger partial charge in [-0.3, -0.25) is 14.5 Å². The molecule has 4 amide bonds. The molecule has 1 N–H and O–H groups in total. The SMILES string of the molecule is Cc1ccc(NC(=O)CN2C(=O)N(C)C3(CCCCC3)C2=O)cc1Br. The van der Waals surface area contributed by atoms with Crippen molar-refractivity contribution in [1.82, 2.24) is 9.80 Å². The van der Waals surface area contributed by atoms with Gasteiger partial charge >= 0.3 is 6.03 Å². The lowest BCUT2D eigenvalue weighted by molar-refractivity contribution is -0.136. The molecule has 2 aliphatic rings. The molecule has 1 aliphatic heterocycles. The molecule has 0 atom stereocenters. The van der Waals surface area contributed by atoms with E-state index in [1.165, 1.54) is 4.90 Å². The summed E-state index contributed by atoms with van der Waals surface area (Å²) in [5.41, 5.74) is 0.939. The number of carbonyl (C=O) groups excluding carboxylic acids is 3. The van der Waals surface area contributed by atoms with E-state index in [2.05, 4.69) is 21.2 Å². The Hall–Kier alpha value is -1.89. The Labute approximate surface area is 155 Å². The number of aryl methyl sites for hydroxylation is 1. The molecule has 0 radical (unpaired) electrons. The number of nitrogens with zero attached hydrogens (tertiary/aromatic N) is 2. The zero-order valence-corrected chi connectivity index (χ0v) is 16.1. The van der Waals surface area contributed by atoms with Crippen molar-refractivity contribution in [3.8, 4) is 0 Å². The average Bonchev–Trinajstić information content (AvgIpc) is 2.75. The highest BCUT2D eigenvalue weighted by molar-refractivity contribution is 9.10. The van der Waals surface area contributed by atoms with Crippen LogP contribution in [0, 0.1) is 6.92 Å². The lowest BCUT2D eigenvalue weighted by Crippen LogP contribution is -2.49. The summed E-state index contributed by atoms with van der Waals surface area (Å²) in [4.78, 5) is 40.3. The van der Waals surface area contributed by atoms with Gasteiger partial charge < -0.3 is 10.2 Å². The molecular weight excluding hydrogens is 386 g/mol. The van der Waals surface area contributed by atoms with Gasteiger partial charge in [0.15, 0.2) is 0 Å². The van der Waals surface area contributed by atoms with E-state index in [9.17, 15) is 14.4 Å². The summed E-state index contributed by atoms with van der Waals surface area (Å²) < 4.78 is 0.888. The second-order valence-electron chi connectivity index (χ2n) is 6.84. The standard InChI is InChI=1S/C18H22BrN3O3/c1-12-6-7-13(10-14(12)19)20-15(23)11-22-16(24)18(21(2)17(22)25)8-4-3-5-9-18/h6-7,10H,3-5,8-9,11H2,1-2H3,(H,20,23). The zero-order chi connectivity index (χ0) is 18.2. The monoisotopic (exact) mass is 407 g/mol. The second kappa shape index (κ2) is 6.78. The molecule has 1 saturated carbocycles. The smallest absolute Gasteiger partial charge is 0.324 e. The highest BCUT2D eigenvalue weighted by atomic mass is 79.9. The summed E-state index contributed by atoms with van der Waals surface area (Å²) in [6, 6.07) is 5.10. The first kappa shape index (κ1) is 17.9. The minimum Gasteiger partial charge on any atom is -0.324 e. The third-order valence-electron chi connectivity index (χ3n) is 5.24. The number of hydrogen-bond acceptors (Lipinski definition) is 3. The molecule has 7 heteroatoms. The lowest BCUT2D eigenvalue weighted by Gasteiger charge is -2.35. The zero-order valence-electron chi connectivity index (χ0n) is 14.5. The molecule has 1 saturated heterocycles. The number of nitrogens with one attached hydrogen (secondary N) is 1. The average molecular weight is 408 g/mol. The number of rotatable bonds is 3. The van der Waals surface area contributed by atoms with Crippen molar-refractivity contribution in [3.05, 3.63) is 28.2 Å². The summed E-state index contributed by atoms with van der Waals surface area (Å²) in [5, 5.41) is 2.75. The number of likely N-dealkylation sites (N-methyl/N-ethyl adjacent to an activating group) is 1. The van der Waals surface area contributed by atoms with Crippen LogP contribution in [0.15, 0.2) is 22.7 Å². The maximum Gasteiger partial charge on any atom is 0.327 e. The van der Waals surface area contributed by atoms with Crippen molar-refractivity contribution in [2.45, 2.75) is 44.6 Å². The minimum absolute atomic E-state index is 0.236. The molecule has 1 heterocycles. The quantitative estimate of drug-likeness (QED) is 0.781. The molecular formula is C18H22BrN3O3. The van der Waals surface area contributed by atoms with Crippen LogP contribution >= 0.6 is 15.9 Å². The Bertz CT molecular complexity index is 728. The summed E-state index contributed by atoms with van der Waals surface area (Å²) in [5.74, 6) is -0.612. The summed E-state index contributed by atoms with van der Waals surface area (Å²) in [6.07, 6.45) is 4.30. The van der Waals surface area contributed by atoms with Crippen LogP contribution in [0.25, 0.3) is 0 Å². The van der Waals surface area contributed by atoms with Gasteiger partial charge in [0.2, 0.25) is 5.91 Å². The summed E-state index contributed by atoms with van der Waals surface area (Å²) in [7, 11) is 1.67. The molecule has 2 fully saturated rings. The van der Waals surface area contributed by atoms with Crippen molar-refractivity contribution in [3.63, 3.8) is 0 Å². The maximum absolute atomic E-state index is 12.9. The Morgan fingerprint density at radius 3 is 2.56 bits per heavy atom. The normalized spacial score (nSPS) is 19.6. The predicted octanol–water partition coefficient (Wildman–Crippen LogP) is 3.29. The lowest BCUT2D eigenvalue weighted by atomic mass is 9.81. The molecule has 0 unspecified atom stereocenters. The van der Waals surface area contributed by atoms with Gasteiger partial charge in [-0.15, -0.1) is 0 Å². The molecule has 3 rings (SSSR count). The number of halogens is 1. The molecule has 1 aromatic rings. The molecule has 1 spiro atoms. The Morgan fingerprint density at radius 2 is 1.92 bits per heavy atom. The van der Waals surface area contributed by atoms with Crippen molar-refractivity contribution in [1.29, 1.82) is 0 Å². The molecule has 1 aromatic carbocycles. The van der Waals surface area contributed by atoms with E-state index in [0.29, 0.717) is 18.5 Å². The Kier molecular flexibility index (Phi) is 4.86. The minimum atomic E-state index is -0.748. The van der Waals surface area contributed by atoms with E-state index >= 15 is 0 Å². The van der Waals surface area contributed by atoms with Gasteiger partial charge in [-0.2, -0.15) is 0 Å². The van der Waals surface area contributed by atoms with Gasteiger partial charge in [-0.1, -0.05) is 41.3 Å². The first-order chi connectivity index (χ1) is 11.8. The van der Waals surface area contributed by atoms with Crippen LogP contribution in [0.1, 0.15) is 37.7 Å². The Morgan fingerprint density at radius 1 is 1.24 bits per heavy atom. The number of benzene rings is 1. The van der Waals surface area contributed by atoms with Gasteiger partial charge in [0.05, 0.1) is 0 Å². The maximum atomic E-state index is 12.9.